The van der Waals surface area contributed by atoms with E-state index in [1.165, 1.54) is 38.5 Å². The molecule has 0 spiro atoms. The first-order valence-electron chi connectivity index (χ1n) is 5.65. The lowest BCUT2D eigenvalue weighted by atomic mass is 10.2. The lowest BCUT2D eigenvalue weighted by molar-refractivity contribution is 0.0544. The van der Waals surface area contributed by atoms with E-state index in [2.05, 4.69) is 12.2 Å². The molecule has 0 aromatic rings. The molecule has 0 aliphatic heterocycles. The molecule has 2 unspecified atom stereocenters. The van der Waals surface area contributed by atoms with E-state index in [0.29, 0.717) is 12.1 Å². The summed E-state index contributed by atoms with van der Waals surface area (Å²) < 4.78 is 5.80. The first kappa shape index (κ1) is 11.0. The first-order valence-corrected chi connectivity index (χ1v) is 5.65. The van der Waals surface area contributed by atoms with Crippen LogP contribution >= 0.6 is 0 Å². The second kappa shape index (κ2) is 6.39. The van der Waals surface area contributed by atoms with Crippen LogP contribution in [0.1, 0.15) is 45.4 Å². The van der Waals surface area contributed by atoms with E-state index in [1.54, 1.807) is 0 Å². The highest BCUT2D eigenvalue weighted by atomic mass is 16.5. The summed E-state index contributed by atoms with van der Waals surface area (Å²) in [5.41, 5.74) is 0. The van der Waals surface area contributed by atoms with Gasteiger partial charge in [-0.2, -0.15) is 0 Å². The zero-order valence-electron chi connectivity index (χ0n) is 9.01. The molecule has 1 rings (SSSR count). The summed E-state index contributed by atoms with van der Waals surface area (Å²) in [6, 6.07) is 0.705. The number of ether oxygens (including phenoxy) is 1. The predicted molar refractivity (Wildman–Crippen MR) is 56.0 cm³/mol. The molecule has 0 aromatic heterocycles. The molecule has 0 heterocycles. The third kappa shape index (κ3) is 4.10. The molecular formula is C11H23NO. The minimum absolute atomic E-state index is 0.536. The smallest absolute Gasteiger partial charge is 0.0590 e. The summed E-state index contributed by atoms with van der Waals surface area (Å²) in [5.74, 6) is 0. The summed E-state index contributed by atoms with van der Waals surface area (Å²) in [6.07, 6.45) is 8.11. The van der Waals surface area contributed by atoms with Gasteiger partial charge in [0.25, 0.3) is 0 Å². The van der Waals surface area contributed by atoms with E-state index in [-0.39, 0.29) is 0 Å². The van der Waals surface area contributed by atoms with Gasteiger partial charge in [0.2, 0.25) is 0 Å². The van der Waals surface area contributed by atoms with Crippen LogP contribution in [0, 0.1) is 0 Å². The Kier molecular flexibility index (Phi) is 5.40. The average molecular weight is 185 g/mol. The van der Waals surface area contributed by atoms with E-state index in [9.17, 15) is 0 Å². The van der Waals surface area contributed by atoms with Crippen LogP contribution in [0.4, 0.5) is 0 Å². The van der Waals surface area contributed by atoms with Gasteiger partial charge in [-0.1, -0.05) is 19.8 Å². The Labute approximate surface area is 82.0 Å². The molecule has 2 nitrogen and oxygen atoms in total. The molecule has 0 radical (unpaired) electrons. The van der Waals surface area contributed by atoms with Crippen LogP contribution in [0.15, 0.2) is 0 Å². The SMILES string of the molecule is CCCCCOC1CCC(NC)C1. The van der Waals surface area contributed by atoms with E-state index >= 15 is 0 Å². The van der Waals surface area contributed by atoms with Crippen molar-refractivity contribution < 1.29 is 4.74 Å². The highest BCUT2D eigenvalue weighted by Crippen LogP contribution is 2.21. The molecule has 1 saturated carbocycles. The van der Waals surface area contributed by atoms with Crippen LogP contribution in [-0.2, 0) is 4.74 Å². The first-order chi connectivity index (χ1) is 6.36. The van der Waals surface area contributed by atoms with Crippen molar-refractivity contribution in [2.45, 2.75) is 57.6 Å². The molecule has 2 heteroatoms. The van der Waals surface area contributed by atoms with Gasteiger partial charge in [0.15, 0.2) is 0 Å². The Hall–Kier alpha value is -0.0800. The van der Waals surface area contributed by atoms with Crippen LogP contribution < -0.4 is 5.32 Å². The monoisotopic (exact) mass is 185 g/mol. The van der Waals surface area contributed by atoms with Crippen molar-refractivity contribution in [1.82, 2.24) is 5.32 Å². The fourth-order valence-electron chi connectivity index (χ4n) is 1.96. The van der Waals surface area contributed by atoms with E-state index in [0.717, 1.165) is 6.61 Å². The number of hydrogen-bond acceptors (Lipinski definition) is 2. The Balaban J connectivity index is 1.97. The summed E-state index contributed by atoms with van der Waals surface area (Å²) >= 11 is 0. The molecule has 13 heavy (non-hydrogen) atoms. The van der Waals surface area contributed by atoms with Crippen molar-refractivity contribution in [2.75, 3.05) is 13.7 Å². The van der Waals surface area contributed by atoms with Crippen molar-refractivity contribution in [3.63, 3.8) is 0 Å². The zero-order chi connectivity index (χ0) is 9.52. The summed E-state index contributed by atoms with van der Waals surface area (Å²) in [5, 5.41) is 3.32. The van der Waals surface area contributed by atoms with Crippen LogP contribution in [0.3, 0.4) is 0 Å². The average Bonchev–Trinajstić information content (AvgIpc) is 2.60. The molecule has 1 N–H and O–H groups in total. The quantitative estimate of drug-likeness (QED) is 0.641. The van der Waals surface area contributed by atoms with E-state index in [1.807, 2.05) is 7.05 Å². The zero-order valence-corrected chi connectivity index (χ0v) is 9.01. The number of hydrogen-bond donors (Lipinski definition) is 1. The standard InChI is InChI=1S/C11H23NO/c1-3-4-5-8-13-11-7-6-10(9-11)12-2/h10-12H,3-9H2,1-2H3. The van der Waals surface area contributed by atoms with Crippen molar-refractivity contribution in [3.8, 4) is 0 Å². The van der Waals surface area contributed by atoms with Gasteiger partial charge in [-0.15, -0.1) is 0 Å². The fraction of sp³-hybridized carbons (Fsp3) is 1.00. The Bertz CT molecular complexity index is 127. The maximum Gasteiger partial charge on any atom is 0.0590 e. The molecule has 2 atom stereocenters. The maximum atomic E-state index is 5.80. The van der Waals surface area contributed by atoms with E-state index < -0.39 is 0 Å². The van der Waals surface area contributed by atoms with Crippen molar-refractivity contribution in [3.05, 3.63) is 0 Å². The van der Waals surface area contributed by atoms with Crippen molar-refractivity contribution in [1.29, 1.82) is 0 Å². The van der Waals surface area contributed by atoms with Crippen LogP contribution in [0.5, 0.6) is 0 Å². The highest BCUT2D eigenvalue weighted by molar-refractivity contribution is 4.79. The van der Waals surface area contributed by atoms with E-state index in [4.69, 9.17) is 4.74 Å². The molecule has 0 amide bonds. The van der Waals surface area contributed by atoms with Crippen LogP contribution in [-0.4, -0.2) is 25.8 Å². The van der Waals surface area contributed by atoms with Gasteiger partial charge < -0.3 is 10.1 Å². The van der Waals surface area contributed by atoms with Gasteiger partial charge in [0, 0.05) is 12.6 Å². The molecular weight excluding hydrogens is 162 g/mol. The Morgan fingerprint density at radius 1 is 1.31 bits per heavy atom. The molecule has 0 saturated heterocycles. The van der Waals surface area contributed by atoms with Gasteiger partial charge in [0.05, 0.1) is 6.10 Å². The third-order valence-electron chi connectivity index (χ3n) is 2.89. The second-order valence-corrected chi connectivity index (χ2v) is 4.00. The van der Waals surface area contributed by atoms with Crippen molar-refractivity contribution >= 4 is 0 Å². The van der Waals surface area contributed by atoms with Crippen molar-refractivity contribution in [2.24, 2.45) is 0 Å². The van der Waals surface area contributed by atoms with Gasteiger partial charge in [-0.25, -0.2) is 0 Å². The number of nitrogens with one attached hydrogen (secondary N) is 1. The minimum Gasteiger partial charge on any atom is -0.378 e. The van der Waals surface area contributed by atoms with Gasteiger partial charge in [-0.05, 0) is 32.7 Å². The fourth-order valence-corrected chi connectivity index (χ4v) is 1.96. The predicted octanol–water partition coefficient (Wildman–Crippen LogP) is 2.33. The molecule has 78 valence electrons. The number of unbranched alkanes of at least 4 members (excludes halogenated alkanes) is 2. The summed E-state index contributed by atoms with van der Waals surface area (Å²) in [4.78, 5) is 0. The Morgan fingerprint density at radius 3 is 2.77 bits per heavy atom. The summed E-state index contributed by atoms with van der Waals surface area (Å²) in [6.45, 7) is 3.20. The van der Waals surface area contributed by atoms with Gasteiger partial charge in [0.1, 0.15) is 0 Å². The molecule has 0 bridgehead atoms. The normalized spacial score (nSPS) is 28.2. The molecule has 1 aliphatic rings. The van der Waals surface area contributed by atoms with Gasteiger partial charge in [-0.3, -0.25) is 0 Å². The Morgan fingerprint density at radius 2 is 2.15 bits per heavy atom. The minimum atomic E-state index is 0.536. The van der Waals surface area contributed by atoms with Crippen LogP contribution in [0.2, 0.25) is 0 Å². The molecule has 1 aliphatic carbocycles. The van der Waals surface area contributed by atoms with Crippen LogP contribution in [0.25, 0.3) is 0 Å². The third-order valence-corrected chi connectivity index (χ3v) is 2.89. The summed E-state index contributed by atoms with van der Waals surface area (Å²) in [7, 11) is 2.05. The lowest BCUT2D eigenvalue weighted by Crippen LogP contribution is -2.22. The maximum absolute atomic E-state index is 5.80. The topological polar surface area (TPSA) is 21.3 Å². The highest BCUT2D eigenvalue weighted by Gasteiger charge is 2.23. The molecule has 1 fully saturated rings. The number of rotatable bonds is 6. The molecule has 0 aromatic carbocycles. The van der Waals surface area contributed by atoms with Gasteiger partial charge >= 0.3 is 0 Å². The lowest BCUT2D eigenvalue weighted by Gasteiger charge is -2.11. The second-order valence-electron chi connectivity index (χ2n) is 4.00. The largest absolute Gasteiger partial charge is 0.378 e.